The summed E-state index contributed by atoms with van der Waals surface area (Å²) in [6.07, 6.45) is 4.08. The standard InChI is InChI=1S/C22H19ClFN5O2S/c1-13(14-3-6-17(24)7-4-14)28-22-18-9-15(5-8-19(18)26-12-27-22)16-10-20(21(23)25-11-16)29-32(2,30)31/h3-13,29H,1-2H3,(H,26,27,28). The van der Waals surface area contributed by atoms with Gasteiger partial charge >= 0.3 is 0 Å². The van der Waals surface area contributed by atoms with E-state index in [0.29, 0.717) is 11.4 Å². The summed E-state index contributed by atoms with van der Waals surface area (Å²) in [6, 6.07) is 13.4. The van der Waals surface area contributed by atoms with Gasteiger partial charge in [-0.25, -0.2) is 27.8 Å². The summed E-state index contributed by atoms with van der Waals surface area (Å²) in [4.78, 5) is 12.8. The molecule has 2 N–H and O–H groups in total. The number of anilines is 2. The van der Waals surface area contributed by atoms with Crippen molar-refractivity contribution in [2.75, 3.05) is 16.3 Å². The number of hydrogen-bond acceptors (Lipinski definition) is 6. The number of halogens is 2. The topological polar surface area (TPSA) is 96.9 Å². The Morgan fingerprint density at radius 2 is 1.75 bits per heavy atom. The van der Waals surface area contributed by atoms with Crippen molar-refractivity contribution in [1.82, 2.24) is 15.0 Å². The van der Waals surface area contributed by atoms with Crippen LogP contribution in [0, 0.1) is 5.82 Å². The molecule has 1 atom stereocenters. The molecule has 0 aliphatic heterocycles. The SMILES string of the molecule is CC(Nc1ncnc2ccc(-c3cnc(Cl)c(NS(C)(=O)=O)c3)cc12)c1ccc(F)cc1. The van der Waals surface area contributed by atoms with Gasteiger partial charge in [0.1, 0.15) is 18.0 Å². The van der Waals surface area contributed by atoms with Crippen molar-refractivity contribution in [1.29, 1.82) is 0 Å². The first kappa shape index (κ1) is 21.9. The van der Waals surface area contributed by atoms with Gasteiger partial charge in [0.15, 0.2) is 5.15 Å². The Balaban J connectivity index is 1.71. The molecule has 0 spiro atoms. The second kappa shape index (κ2) is 8.68. The highest BCUT2D eigenvalue weighted by atomic mass is 35.5. The Morgan fingerprint density at radius 3 is 2.47 bits per heavy atom. The van der Waals surface area contributed by atoms with Gasteiger partial charge in [0, 0.05) is 23.2 Å². The van der Waals surface area contributed by atoms with Crippen LogP contribution in [-0.4, -0.2) is 29.6 Å². The van der Waals surface area contributed by atoms with Crippen LogP contribution in [0.25, 0.3) is 22.0 Å². The van der Waals surface area contributed by atoms with E-state index in [4.69, 9.17) is 11.6 Å². The number of fused-ring (bicyclic) bond motifs is 1. The van der Waals surface area contributed by atoms with Gasteiger partial charge in [0.25, 0.3) is 0 Å². The van der Waals surface area contributed by atoms with Gasteiger partial charge in [0.05, 0.1) is 17.5 Å². The summed E-state index contributed by atoms with van der Waals surface area (Å²) in [5.74, 6) is 0.324. The molecule has 0 aliphatic rings. The quantitative estimate of drug-likeness (QED) is 0.383. The van der Waals surface area contributed by atoms with Gasteiger partial charge in [-0.2, -0.15) is 0 Å². The first-order chi connectivity index (χ1) is 15.2. The molecule has 0 saturated heterocycles. The van der Waals surface area contributed by atoms with Crippen molar-refractivity contribution in [3.63, 3.8) is 0 Å². The Morgan fingerprint density at radius 1 is 1.00 bits per heavy atom. The van der Waals surface area contributed by atoms with Gasteiger partial charge in [-0.3, -0.25) is 4.72 Å². The van der Waals surface area contributed by atoms with E-state index in [1.165, 1.54) is 18.5 Å². The number of pyridine rings is 1. The molecule has 2 aromatic heterocycles. The zero-order valence-electron chi connectivity index (χ0n) is 17.2. The average Bonchev–Trinajstić information content (AvgIpc) is 2.75. The van der Waals surface area contributed by atoms with Crippen molar-refractivity contribution in [3.8, 4) is 11.1 Å². The van der Waals surface area contributed by atoms with Crippen molar-refractivity contribution >= 4 is 44.0 Å². The molecule has 1 unspecified atom stereocenters. The molecular weight excluding hydrogens is 453 g/mol. The maximum atomic E-state index is 13.2. The number of aromatic nitrogens is 3. The average molecular weight is 472 g/mol. The number of sulfonamides is 1. The van der Waals surface area contributed by atoms with Crippen molar-refractivity contribution in [3.05, 3.63) is 77.6 Å². The molecule has 164 valence electrons. The van der Waals surface area contributed by atoms with Gasteiger partial charge in [-0.1, -0.05) is 29.8 Å². The Bertz CT molecular complexity index is 1400. The normalized spacial score (nSPS) is 12.5. The predicted octanol–water partition coefficient (Wildman–Crippen LogP) is 5.03. The molecule has 0 amide bonds. The smallest absolute Gasteiger partial charge is 0.229 e. The maximum absolute atomic E-state index is 13.2. The molecule has 0 aliphatic carbocycles. The van der Waals surface area contributed by atoms with E-state index in [0.717, 1.165) is 28.3 Å². The summed E-state index contributed by atoms with van der Waals surface area (Å²) >= 11 is 6.04. The highest BCUT2D eigenvalue weighted by Gasteiger charge is 2.13. The molecule has 7 nitrogen and oxygen atoms in total. The van der Waals surface area contributed by atoms with Gasteiger partial charge < -0.3 is 5.32 Å². The number of nitrogens with zero attached hydrogens (tertiary/aromatic N) is 3. The van der Waals surface area contributed by atoms with Crippen LogP contribution < -0.4 is 10.0 Å². The molecule has 10 heteroatoms. The van der Waals surface area contributed by atoms with E-state index >= 15 is 0 Å². The van der Waals surface area contributed by atoms with E-state index in [9.17, 15) is 12.8 Å². The minimum absolute atomic E-state index is 0.0544. The molecule has 4 aromatic rings. The summed E-state index contributed by atoms with van der Waals surface area (Å²) in [5.41, 5.74) is 3.29. The minimum atomic E-state index is -3.51. The Kier molecular flexibility index (Phi) is 5.94. The molecule has 32 heavy (non-hydrogen) atoms. The third-order valence-electron chi connectivity index (χ3n) is 4.83. The van der Waals surface area contributed by atoms with Crippen molar-refractivity contribution in [2.24, 2.45) is 0 Å². The Labute approximate surface area is 189 Å². The number of nitrogens with one attached hydrogen (secondary N) is 2. The molecule has 0 fully saturated rings. The van der Waals surface area contributed by atoms with Crippen LogP contribution >= 0.6 is 11.6 Å². The van der Waals surface area contributed by atoms with Crippen LogP contribution in [0.15, 0.2) is 61.1 Å². The lowest BCUT2D eigenvalue weighted by molar-refractivity contribution is 0.606. The highest BCUT2D eigenvalue weighted by Crippen LogP contribution is 2.31. The van der Waals surface area contributed by atoms with Crippen LogP contribution in [0.3, 0.4) is 0 Å². The zero-order chi connectivity index (χ0) is 22.9. The van der Waals surface area contributed by atoms with E-state index in [2.05, 4.69) is 25.0 Å². The number of rotatable bonds is 6. The zero-order valence-corrected chi connectivity index (χ0v) is 18.7. The van der Waals surface area contributed by atoms with Crippen LogP contribution in [-0.2, 0) is 10.0 Å². The first-order valence-electron chi connectivity index (χ1n) is 9.60. The lowest BCUT2D eigenvalue weighted by Gasteiger charge is -2.16. The summed E-state index contributed by atoms with van der Waals surface area (Å²) < 4.78 is 38.8. The lowest BCUT2D eigenvalue weighted by Crippen LogP contribution is -2.10. The molecule has 0 bridgehead atoms. The molecule has 2 aromatic carbocycles. The lowest BCUT2D eigenvalue weighted by atomic mass is 10.0. The van der Waals surface area contributed by atoms with Gasteiger partial charge in [0.2, 0.25) is 10.0 Å². The predicted molar refractivity (Wildman–Crippen MR) is 125 cm³/mol. The molecule has 4 rings (SSSR count). The van der Waals surface area contributed by atoms with E-state index in [1.807, 2.05) is 25.1 Å². The Hall–Kier alpha value is -3.30. The number of benzene rings is 2. The fourth-order valence-corrected chi connectivity index (χ4v) is 4.03. The largest absolute Gasteiger partial charge is 0.363 e. The van der Waals surface area contributed by atoms with Gasteiger partial charge in [-0.15, -0.1) is 0 Å². The van der Waals surface area contributed by atoms with E-state index in [-0.39, 0.29) is 22.7 Å². The maximum Gasteiger partial charge on any atom is 0.229 e. The van der Waals surface area contributed by atoms with Crippen molar-refractivity contribution in [2.45, 2.75) is 13.0 Å². The fourth-order valence-electron chi connectivity index (χ4n) is 3.27. The van der Waals surface area contributed by atoms with E-state index < -0.39 is 10.0 Å². The second-order valence-electron chi connectivity index (χ2n) is 7.31. The second-order valence-corrected chi connectivity index (χ2v) is 9.41. The highest BCUT2D eigenvalue weighted by molar-refractivity contribution is 7.92. The minimum Gasteiger partial charge on any atom is -0.363 e. The molecular formula is C22H19ClFN5O2S. The molecule has 0 radical (unpaired) electrons. The third-order valence-corrected chi connectivity index (χ3v) is 5.72. The molecule has 2 heterocycles. The van der Waals surface area contributed by atoms with Crippen LogP contribution in [0.5, 0.6) is 0 Å². The van der Waals surface area contributed by atoms with Gasteiger partial charge in [-0.05, 0) is 48.4 Å². The summed E-state index contributed by atoms with van der Waals surface area (Å²) in [5, 5.41) is 4.17. The molecule has 0 saturated carbocycles. The van der Waals surface area contributed by atoms with Crippen LogP contribution in [0.4, 0.5) is 15.9 Å². The third kappa shape index (κ3) is 4.95. The monoisotopic (exact) mass is 471 g/mol. The summed E-state index contributed by atoms with van der Waals surface area (Å²) in [6.45, 7) is 1.96. The van der Waals surface area contributed by atoms with Crippen LogP contribution in [0.1, 0.15) is 18.5 Å². The fraction of sp³-hybridized carbons (Fsp3) is 0.136. The number of hydrogen-bond donors (Lipinski definition) is 2. The van der Waals surface area contributed by atoms with Crippen molar-refractivity contribution < 1.29 is 12.8 Å². The van der Waals surface area contributed by atoms with E-state index in [1.54, 1.807) is 24.4 Å². The van der Waals surface area contributed by atoms with Crippen LogP contribution in [0.2, 0.25) is 5.15 Å². The first-order valence-corrected chi connectivity index (χ1v) is 11.9. The summed E-state index contributed by atoms with van der Waals surface area (Å²) in [7, 11) is -3.51.